The molecule has 3 rings (SSSR count). The van der Waals surface area contributed by atoms with Gasteiger partial charge in [-0.3, -0.25) is 0 Å². The van der Waals surface area contributed by atoms with Gasteiger partial charge in [-0.2, -0.15) is 0 Å². The normalized spacial score (nSPS) is 19.4. The van der Waals surface area contributed by atoms with E-state index in [1.165, 1.54) is 50.1 Å². The monoisotopic (exact) mass is 562 g/mol. The Hall–Kier alpha value is -2.86. The van der Waals surface area contributed by atoms with Crippen LogP contribution in [-0.4, -0.2) is 0 Å². The molecule has 1 aromatic rings. The minimum atomic E-state index is -0.121. The minimum absolute atomic E-state index is 0.0618. The van der Waals surface area contributed by atoms with E-state index in [0.717, 1.165) is 12.0 Å². The van der Waals surface area contributed by atoms with Crippen LogP contribution in [0.2, 0.25) is 0 Å². The first kappa shape index (κ1) is 33.6. The molecule has 0 amide bonds. The molecule has 0 aliphatic heterocycles. The molecule has 0 heteroatoms. The topological polar surface area (TPSA) is 0 Å². The van der Waals surface area contributed by atoms with E-state index in [1.807, 2.05) is 0 Å². The predicted octanol–water partition coefficient (Wildman–Crippen LogP) is 12.6. The van der Waals surface area contributed by atoms with Gasteiger partial charge in [0.1, 0.15) is 0 Å². The summed E-state index contributed by atoms with van der Waals surface area (Å²) in [7, 11) is 0. The summed E-state index contributed by atoms with van der Waals surface area (Å²) in [6, 6.07) is 7.22. The molecule has 2 unspecified atom stereocenters. The Labute approximate surface area is 259 Å². The molecule has 0 spiro atoms. The molecule has 0 fully saturated rings. The summed E-state index contributed by atoms with van der Waals surface area (Å²) < 4.78 is 0. The van der Waals surface area contributed by atoms with Gasteiger partial charge in [0.05, 0.1) is 0 Å². The zero-order valence-corrected chi connectivity index (χ0v) is 29.1. The van der Waals surface area contributed by atoms with E-state index in [-0.39, 0.29) is 22.2 Å². The van der Waals surface area contributed by atoms with Crippen molar-refractivity contribution in [3.8, 4) is 0 Å². The van der Waals surface area contributed by atoms with Gasteiger partial charge < -0.3 is 0 Å². The van der Waals surface area contributed by atoms with Gasteiger partial charge in [-0.1, -0.05) is 161 Å². The van der Waals surface area contributed by atoms with Crippen LogP contribution >= 0.6 is 0 Å². The molecule has 0 radical (unpaired) electrons. The Morgan fingerprint density at radius 1 is 0.952 bits per heavy atom. The molecule has 2 atom stereocenters. The number of hydrogen-bond donors (Lipinski definition) is 0. The zero-order chi connectivity index (χ0) is 31.8. The molecule has 0 heterocycles. The Morgan fingerprint density at radius 2 is 1.60 bits per heavy atom. The van der Waals surface area contributed by atoms with Crippen molar-refractivity contribution in [3.05, 3.63) is 124 Å². The van der Waals surface area contributed by atoms with Gasteiger partial charge >= 0.3 is 0 Å². The fraction of sp³-hybridized carbons (Fsp3) is 0.476. The maximum Gasteiger partial charge on any atom is 0.0193 e. The third-order valence-corrected chi connectivity index (χ3v) is 9.63. The van der Waals surface area contributed by atoms with Gasteiger partial charge in [0.25, 0.3) is 0 Å². The number of allylic oxidation sites excluding steroid dienone is 14. The summed E-state index contributed by atoms with van der Waals surface area (Å²) in [5, 5.41) is 0. The van der Waals surface area contributed by atoms with Crippen LogP contribution in [0.25, 0.3) is 5.57 Å². The molecule has 0 bridgehead atoms. The van der Waals surface area contributed by atoms with Gasteiger partial charge in [0.15, 0.2) is 0 Å². The zero-order valence-electron chi connectivity index (χ0n) is 29.1. The lowest BCUT2D eigenvalue weighted by Crippen LogP contribution is -2.25. The lowest BCUT2D eigenvalue weighted by molar-refractivity contribution is 0.398. The second-order valence-electron chi connectivity index (χ2n) is 15.6. The van der Waals surface area contributed by atoms with Crippen molar-refractivity contribution in [3.63, 3.8) is 0 Å². The van der Waals surface area contributed by atoms with E-state index in [0.29, 0.717) is 11.8 Å². The average Bonchev–Trinajstić information content (AvgIpc) is 3.45. The maximum absolute atomic E-state index is 4.62. The quantitative estimate of drug-likeness (QED) is 0.263. The van der Waals surface area contributed by atoms with Crippen molar-refractivity contribution < 1.29 is 0 Å². The summed E-state index contributed by atoms with van der Waals surface area (Å²) in [6.07, 6.45) is 16.6. The molecule has 0 saturated carbocycles. The molecule has 42 heavy (non-hydrogen) atoms. The van der Waals surface area contributed by atoms with Gasteiger partial charge in [-0.05, 0) is 87.5 Å². The van der Waals surface area contributed by atoms with Crippen LogP contribution < -0.4 is 0 Å². The molecular formula is C42H58. The highest BCUT2D eigenvalue weighted by Gasteiger charge is 2.44. The molecule has 2 aliphatic carbocycles. The van der Waals surface area contributed by atoms with Crippen molar-refractivity contribution in [2.75, 3.05) is 0 Å². The average molecular weight is 563 g/mol. The van der Waals surface area contributed by atoms with Crippen LogP contribution in [0.15, 0.2) is 107 Å². The highest BCUT2D eigenvalue weighted by Crippen LogP contribution is 2.59. The van der Waals surface area contributed by atoms with Gasteiger partial charge in [-0.15, -0.1) is 0 Å². The lowest BCUT2D eigenvalue weighted by atomic mass is 9.67. The summed E-state index contributed by atoms with van der Waals surface area (Å²) >= 11 is 0. The maximum atomic E-state index is 4.62. The van der Waals surface area contributed by atoms with Gasteiger partial charge in [-0.25, -0.2) is 0 Å². The first-order chi connectivity index (χ1) is 19.4. The Balaban J connectivity index is 2.41. The van der Waals surface area contributed by atoms with Crippen LogP contribution in [0.5, 0.6) is 0 Å². The number of rotatable bonds is 9. The predicted molar refractivity (Wildman–Crippen MR) is 189 cm³/mol. The second-order valence-corrected chi connectivity index (χ2v) is 15.6. The van der Waals surface area contributed by atoms with Crippen molar-refractivity contribution in [1.29, 1.82) is 0 Å². The summed E-state index contributed by atoms with van der Waals surface area (Å²) in [5.41, 5.74) is 13.6. The third-order valence-electron chi connectivity index (χ3n) is 9.63. The molecule has 1 aromatic carbocycles. The summed E-state index contributed by atoms with van der Waals surface area (Å²) in [5.74, 6) is 1.13. The highest BCUT2D eigenvalue weighted by atomic mass is 14.5. The van der Waals surface area contributed by atoms with Crippen molar-refractivity contribution in [1.82, 2.24) is 0 Å². The van der Waals surface area contributed by atoms with E-state index < -0.39 is 0 Å². The van der Waals surface area contributed by atoms with E-state index in [4.69, 9.17) is 0 Å². The second kappa shape index (κ2) is 12.4. The highest BCUT2D eigenvalue weighted by molar-refractivity contribution is 5.94. The molecule has 0 N–H and O–H groups in total. The Morgan fingerprint density at radius 3 is 2.10 bits per heavy atom. The van der Waals surface area contributed by atoms with Crippen molar-refractivity contribution in [2.45, 2.75) is 108 Å². The summed E-state index contributed by atoms with van der Waals surface area (Å²) in [6.45, 7) is 39.3. The van der Waals surface area contributed by atoms with Crippen LogP contribution in [0.4, 0.5) is 0 Å². The van der Waals surface area contributed by atoms with E-state index in [1.54, 1.807) is 0 Å². The SMILES string of the molecule is C=CC1=C(/C(=C\C(C)C(C)C)C(=C)/C=C\C=C/C)c2ccc(C(C)(C)C)cc2C1C(C)(C)C1=C(C)CC(C(C)(C)C)=C1. The first-order valence-corrected chi connectivity index (χ1v) is 16.0. The lowest BCUT2D eigenvalue weighted by Gasteiger charge is -2.36. The largest absolute Gasteiger partial charge is 0.0987 e. The molecule has 0 nitrogen and oxygen atoms in total. The molecule has 0 aromatic heterocycles. The Bertz CT molecular complexity index is 1400. The number of benzene rings is 1. The number of hydrogen-bond acceptors (Lipinski definition) is 0. The van der Waals surface area contributed by atoms with Crippen LogP contribution in [-0.2, 0) is 5.41 Å². The van der Waals surface area contributed by atoms with Crippen molar-refractivity contribution in [2.24, 2.45) is 22.7 Å². The molecule has 0 saturated heterocycles. The smallest absolute Gasteiger partial charge is 0.0193 e. The van der Waals surface area contributed by atoms with Gasteiger partial charge in [0.2, 0.25) is 0 Å². The van der Waals surface area contributed by atoms with E-state index >= 15 is 0 Å². The van der Waals surface area contributed by atoms with E-state index in [2.05, 4.69) is 164 Å². The molecule has 226 valence electrons. The van der Waals surface area contributed by atoms with E-state index in [9.17, 15) is 0 Å². The third kappa shape index (κ3) is 6.69. The fourth-order valence-electron chi connectivity index (χ4n) is 6.54. The fourth-order valence-corrected chi connectivity index (χ4v) is 6.54. The Kier molecular flexibility index (Phi) is 9.93. The first-order valence-electron chi connectivity index (χ1n) is 16.0. The van der Waals surface area contributed by atoms with Crippen LogP contribution in [0, 0.1) is 22.7 Å². The minimum Gasteiger partial charge on any atom is -0.0987 e. The molecule has 2 aliphatic rings. The molecular weight excluding hydrogens is 504 g/mol. The standard InChI is InChI=1S/C42H58/c1-16-18-19-20-28(5)35(24-29(6)27(3)4)38-33(17-2)39(36-25-31(40(8,9)10)21-22-34(36)38)42(14,15)37-26-32(23-30(37)7)41(11,12)13/h16-22,24-27,29,39H,2,5,23H2,1,3-4,6-15H3/b18-16-,20-19-,35-24-. The van der Waals surface area contributed by atoms with Gasteiger partial charge in [0, 0.05) is 11.3 Å². The summed E-state index contributed by atoms with van der Waals surface area (Å²) in [4.78, 5) is 0. The van der Waals surface area contributed by atoms with Crippen molar-refractivity contribution >= 4 is 5.57 Å². The van der Waals surface area contributed by atoms with Crippen LogP contribution in [0.1, 0.15) is 119 Å². The number of fused-ring (bicyclic) bond motifs is 1. The van der Waals surface area contributed by atoms with Crippen LogP contribution in [0.3, 0.4) is 0 Å².